The van der Waals surface area contributed by atoms with Gasteiger partial charge in [0.05, 0.1) is 10.7 Å². The molecule has 0 aliphatic carbocycles. The van der Waals surface area contributed by atoms with Crippen LogP contribution in [0.15, 0.2) is 17.0 Å². The van der Waals surface area contributed by atoms with Crippen molar-refractivity contribution in [2.24, 2.45) is 5.92 Å². The smallest absolute Gasteiger partial charge is 0.246 e. The molecule has 0 aromatic heterocycles. The first-order chi connectivity index (χ1) is 9.64. The van der Waals surface area contributed by atoms with Crippen LogP contribution < -0.4 is 5.73 Å². The van der Waals surface area contributed by atoms with Gasteiger partial charge >= 0.3 is 0 Å². The van der Waals surface area contributed by atoms with Crippen molar-refractivity contribution in [1.82, 2.24) is 9.21 Å². The highest BCUT2D eigenvalue weighted by atomic mass is 35.5. The first-order valence-corrected chi connectivity index (χ1v) is 8.75. The summed E-state index contributed by atoms with van der Waals surface area (Å²) in [5.41, 5.74) is 5.90. The van der Waals surface area contributed by atoms with Gasteiger partial charge in [0.15, 0.2) is 0 Å². The lowest BCUT2D eigenvalue weighted by Crippen LogP contribution is -2.36. The van der Waals surface area contributed by atoms with E-state index in [1.165, 1.54) is 16.4 Å². The highest BCUT2D eigenvalue weighted by molar-refractivity contribution is 7.89. The summed E-state index contributed by atoms with van der Waals surface area (Å²) in [6, 6.07) is 2.98. The Balaban J connectivity index is 2.41. The van der Waals surface area contributed by atoms with Crippen LogP contribution in [-0.4, -0.2) is 50.8 Å². The SMILES string of the molecule is CC1CN(S(=O)(=O)c2c(N)cc(Cl)cc2Cl)CC1N(C)C. The average Bonchev–Trinajstić information content (AvgIpc) is 2.70. The molecular weight excluding hydrogens is 333 g/mol. The van der Waals surface area contributed by atoms with E-state index < -0.39 is 10.0 Å². The number of nitrogens with zero attached hydrogens (tertiary/aromatic N) is 2. The molecule has 0 saturated carbocycles. The number of sulfonamides is 1. The van der Waals surface area contributed by atoms with E-state index in [1.807, 2.05) is 25.9 Å². The maximum Gasteiger partial charge on any atom is 0.246 e. The lowest BCUT2D eigenvalue weighted by Gasteiger charge is -2.22. The predicted octanol–water partition coefficient (Wildman–Crippen LogP) is 2.15. The van der Waals surface area contributed by atoms with E-state index in [9.17, 15) is 8.42 Å². The highest BCUT2D eigenvalue weighted by Gasteiger charge is 2.39. The molecule has 1 aliphatic heterocycles. The molecule has 1 aromatic rings. The molecule has 1 aliphatic rings. The Bertz CT molecular complexity index is 626. The number of nitrogen functional groups attached to an aromatic ring is 1. The third-order valence-corrected chi connectivity index (χ3v) is 6.42. The number of nitrogens with two attached hydrogens (primary N) is 1. The van der Waals surface area contributed by atoms with Crippen LogP contribution >= 0.6 is 23.2 Å². The van der Waals surface area contributed by atoms with E-state index in [-0.39, 0.29) is 27.6 Å². The van der Waals surface area contributed by atoms with Gasteiger partial charge < -0.3 is 10.6 Å². The molecule has 8 heteroatoms. The topological polar surface area (TPSA) is 66.6 Å². The van der Waals surface area contributed by atoms with Crippen molar-refractivity contribution >= 4 is 38.9 Å². The molecule has 21 heavy (non-hydrogen) atoms. The molecule has 2 rings (SSSR count). The van der Waals surface area contributed by atoms with Gasteiger partial charge in [0, 0.05) is 24.2 Å². The number of rotatable bonds is 3. The normalized spacial score (nSPS) is 23.9. The molecular formula is C13H19Cl2N3O2S. The molecule has 1 saturated heterocycles. The largest absolute Gasteiger partial charge is 0.398 e. The van der Waals surface area contributed by atoms with Gasteiger partial charge in [0.2, 0.25) is 10.0 Å². The van der Waals surface area contributed by atoms with E-state index in [1.54, 1.807) is 0 Å². The van der Waals surface area contributed by atoms with E-state index in [4.69, 9.17) is 28.9 Å². The molecule has 0 amide bonds. The van der Waals surface area contributed by atoms with Crippen molar-refractivity contribution in [3.05, 3.63) is 22.2 Å². The third kappa shape index (κ3) is 3.14. The molecule has 2 atom stereocenters. The Kier molecular flexibility index (Phi) is 4.75. The second kappa shape index (κ2) is 5.93. The van der Waals surface area contributed by atoms with Crippen molar-refractivity contribution in [2.75, 3.05) is 32.9 Å². The molecule has 0 radical (unpaired) electrons. The second-order valence-corrected chi connectivity index (χ2v) is 8.35. The highest BCUT2D eigenvalue weighted by Crippen LogP contribution is 2.35. The summed E-state index contributed by atoms with van der Waals surface area (Å²) >= 11 is 11.9. The summed E-state index contributed by atoms with van der Waals surface area (Å²) in [7, 11) is 0.166. The first-order valence-electron chi connectivity index (χ1n) is 6.55. The molecule has 2 N–H and O–H groups in total. The van der Waals surface area contributed by atoms with Crippen LogP contribution in [0.25, 0.3) is 0 Å². The predicted molar refractivity (Wildman–Crippen MR) is 86.3 cm³/mol. The first kappa shape index (κ1) is 16.8. The minimum Gasteiger partial charge on any atom is -0.398 e. The van der Waals surface area contributed by atoms with Crippen molar-refractivity contribution in [3.63, 3.8) is 0 Å². The van der Waals surface area contributed by atoms with Crippen molar-refractivity contribution in [1.29, 1.82) is 0 Å². The lowest BCUT2D eigenvalue weighted by molar-refractivity contribution is 0.263. The number of benzene rings is 1. The van der Waals surface area contributed by atoms with E-state index >= 15 is 0 Å². The van der Waals surface area contributed by atoms with Crippen LogP contribution in [-0.2, 0) is 10.0 Å². The molecule has 0 spiro atoms. The number of halogens is 2. The van der Waals surface area contributed by atoms with Gasteiger partial charge in [-0.25, -0.2) is 8.42 Å². The van der Waals surface area contributed by atoms with Gasteiger partial charge in [-0.2, -0.15) is 4.31 Å². The molecule has 0 bridgehead atoms. The number of anilines is 1. The van der Waals surface area contributed by atoms with Crippen LogP contribution in [0.5, 0.6) is 0 Å². The van der Waals surface area contributed by atoms with Gasteiger partial charge in [0.1, 0.15) is 4.90 Å². The van der Waals surface area contributed by atoms with Crippen LogP contribution in [0.1, 0.15) is 6.92 Å². The third-order valence-electron chi connectivity index (χ3n) is 3.84. The molecule has 2 unspecified atom stereocenters. The van der Waals surface area contributed by atoms with E-state index in [2.05, 4.69) is 0 Å². The summed E-state index contributed by atoms with van der Waals surface area (Å²) in [5, 5.41) is 0.373. The van der Waals surface area contributed by atoms with Gasteiger partial charge in [-0.1, -0.05) is 30.1 Å². The van der Waals surface area contributed by atoms with Crippen LogP contribution in [0.4, 0.5) is 5.69 Å². The molecule has 1 aromatic carbocycles. The van der Waals surface area contributed by atoms with Crippen molar-refractivity contribution < 1.29 is 8.42 Å². The Labute approximate surface area is 135 Å². The van der Waals surface area contributed by atoms with Gasteiger partial charge in [0.25, 0.3) is 0 Å². The van der Waals surface area contributed by atoms with Gasteiger partial charge in [-0.05, 0) is 32.1 Å². The number of hydrogen-bond donors (Lipinski definition) is 1. The Hall–Kier alpha value is -0.530. The number of hydrogen-bond acceptors (Lipinski definition) is 4. The minimum atomic E-state index is -3.73. The monoisotopic (exact) mass is 351 g/mol. The van der Waals surface area contributed by atoms with Gasteiger partial charge in [-0.15, -0.1) is 0 Å². The maximum absolute atomic E-state index is 12.8. The zero-order chi connectivity index (χ0) is 15.9. The fourth-order valence-corrected chi connectivity index (χ4v) is 5.26. The maximum atomic E-state index is 12.8. The van der Waals surface area contributed by atoms with E-state index in [0.29, 0.717) is 18.1 Å². The quantitative estimate of drug-likeness (QED) is 0.847. The standard InChI is InChI=1S/C13H19Cl2N3O2S/c1-8-6-18(7-12(8)17(2)3)21(19,20)13-10(15)4-9(14)5-11(13)16/h4-5,8,12H,6-7,16H2,1-3H3. The minimum absolute atomic E-state index is 0.0554. The summed E-state index contributed by atoms with van der Waals surface area (Å²) in [6.07, 6.45) is 0. The molecule has 5 nitrogen and oxygen atoms in total. The molecule has 1 heterocycles. The van der Waals surface area contributed by atoms with Crippen molar-refractivity contribution in [2.45, 2.75) is 17.9 Å². The fraction of sp³-hybridized carbons (Fsp3) is 0.538. The summed E-state index contributed by atoms with van der Waals surface area (Å²) in [5.74, 6) is 0.238. The van der Waals surface area contributed by atoms with E-state index in [0.717, 1.165) is 0 Å². The zero-order valence-electron chi connectivity index (χ0n) is 12.2. The summed E-state index contributed by atoms with van der Waals surface area (Å²) < 4.78 is 27.0. The second-order valence-electron chi connectivity index (χ2n) is 5.64. The van der Waals surface area contributed by atoms with Crippen LogP contribution in [0, 0.1) is 5.92 Å². The Morgan fingerprint density at radius 1 is 1.29 bits per heavy atom. The fourth-order valence-electron chi connectivity index (χ4n) is 2.76. The zero-order valence-corrected chi connectivity index (χ0v) is 14.5. The molecule has 1 fully saturated rings. The van der Waals surface area contributed by atoms with Crippen LogP contribution in [0.2, 0.25) is 10.0 Å². The van der Waals surface area contributed by atoms with Gasteiger partial charge in [-0.3, -0.25) is 0 Å². The van der Waals surface area contributed by atoms with Crippen molar-refractivity contribution in [3.8, 4) is 0 Å². The Morgan fingerprint density at radius 2 is 1.90 bits per heavy atom. The lowest BCUT2D eigenvalue weighted by atomic mass is 10.1. The Morgan fingerprint density at radius 3 is 2.38 bits per heavy atom. The summed E-state index contributed by atoms with van der Waals surface area (Å²) in [6.45, 7) is 2.91. The van der Waals surface area contributed by atoms with Crippen LogP contribution in [0.3, 0.4) is 0 Å². The summed E-state index contributed by atoms with van der Waals surface area (Å²) in [4.78, 5) is 1.98. The molecule has 118 valence electrons. The number of likely N-dealkylation sites (N-methyl/N-ethyl adjacent to an activating group) is 1. The average molecular weight is 352 g/mol.